The van der Waals surface area contributed by atoms with Crippen LogP contribution >= 0.6 is 11.3 Å². The average Bonchev–Trinajstić information content (AvgIpc) is 3.21. The van der Waals surface area contributed by atoms with Crippen molar-refractivity contribution >= 4 is 46.0 Å². The van der Waals surface area contributed by atoms with E-state index in [4.69, 9.17) is 4.74 Å². The molecule has 3 amide bonds. The number of anilines is 2. The molecule has 3 rings (SSSR count). The van der Waals surface area contributed by atoms with Gasteiger partial charge >= 0.3 is 6.03 Å². The molecule has 170 valence electrons. The second-order valence-corrected chi connectivity index (χ2v) is 7.35. The Balaban J connectivity index is 1.48. The minimum atomic E-state index is -0.620. The summed E-state index contributed by atoms with van der Waals surface area (Å²) in [7, 11) is 1.42. The summed E-state index contributed by atoms with van der Waals surface area (Å²) in [6, 6.07) is 9.27. The molecule has 4 N–H and O–H groups in total. The van der Waals surface area contributed by atoms with Gasteiger partial charge in [-0.15, -0.1) is 10.2 Å². The number of benzene rings is 2. The number of ether oxygens (including phenoxy) is 1. The highest BCUT2D eigenvalue weighted by atomic mass is 32.1. The number of nitrogens with zero attached hydrogens (tertiary/aromatic N) is 4. The highest BCUT2D eigenvalue weighted by Gasteiger charge is 2.12. The van der Waals surface area contributed by atoms with Gasteiger partial charge in [-0.3, -0.25) is 20.2 Å². The lowest BCUT2D eigenvalue weighted by Gasteiger charge is -2.04. The monoisotopic (exact) mass is 471 g/mol. The number of carbonyl (C=O) groups excluding carboxylic acids is 2. The number of carbonyl (C=O) groups is 2. The zero-order valence-corrected chi connectivity index (χ0v) is 17.8. The van der Waals surface area contributed by atoms with Crippen LogP contribution in [0.4, 0.5) is 21.3 Å². The van der Waals surface area contributed by atoms with Gasteiger partial charge in [0.1, 0.15) is 5.01 Å². The number of phenolic OH excluding ortho intramolecular Hbond substituents is 1. The minimum absolute atomic E-state index is 0.0132. The van der Waals surface area contributed by atoms with Crippen LogP contribution in [0.2, 0.25) is 0 Å². The van der Waals surface area contributed by atoms with Crippen molar-refractivity contribution in [1.82, 2.24) is 15.6 Å². The molecule has 0 bridgehead atoms. The molecule has 2 aromatic carbocycles. The van der Waals surface area contributed by atoms with Crippen molar-refractivity contribution in [1.29, 1.82) is 0 Å². The predicted molar refractivity (Wildman–Crippen MR) is 120 cm³/mol. The summed E-state index contributed by atoms with van der Waals surface area (Å²) in [6.45, 7) is 0. The van der Waals surface area contributed by atoms with Gasteiger partial charge in [0.15, 0.2) is 11.5 Å². The van der Waals surface area contributed by atoms with Crippen molar-refractivity contribution in [2.24, 2.45) is 5.10 Å². The quantitative estimate of drug-likeness (QED) is 0.219. The van der Waals surface area contributed by atoms with Gasteiger partial charge in [0.2, 0.25) is 11.0 Å². The molecule has 0 aliphatic rings. The van der Waals surface area contributed by atoms with Crippen molar-refractivity contribution in [3.05, 3.63) is 63.1 Å². The second-order valence-electron chi connectivity index (χ2n) is 6.29. The number of hydrogen-bond donors (Lipinski definition) is 4. The molecule has 0 saturated carbocycles. The maximum atomic E-state index is 12.0. The smallest absolute Gasteiger partial charge is 0.325 e. The molecular formula is C19H17N7O6S. The van der Waals surface area contributed by atoms with E-state index in [1.165, 1.54) is 43.7 Å². The van der Waals surface area contributed by atoms with Crippen molar-refractivity contribution in [2.75, 3.05) is 17.7 Å². The average molecular weight is 471 g/mol. The fourth-order valence-electron chi connectivity index (χ4n) is 2.43. The molecule has 1 aromatic heterocycles. The second kappa shape index (κ2) is 10.6. The van der Waals surface area contributed by atoms with Gasteiger partial charge in [-0.05, 0) is 35.9 Å². The number of rotatable bonds is 8. The molecule has 14 heteroatoms. The topological polar surface area (TPSA) is 181 Å². The number of phenols is 1. The minimum Gasteiger partial charge on any atom is -0.504 e. The summed E-state index contributed by atoms with van der Waals surface area (Å²) in [5, 5.41) is 37.2. The lowest BCUT2D eigenvalue weighted by Crippen LogP contribution is -2.19. The van der Waals surface area contributed by atoms with Crippen LogP contribution in [0, 0.1) is 10.1 Å². The molecule has 0 atom stereocenters. The summed E-state index contributed by atoms with van der Waals surface area (Å²) >= 11 is 1.00. The number of nitro benzene ring substituents is 1. The van der Waals surface area contributed by atoms with Crippen molar-refractivity contribution in [2.45, 2.75) is 6.42 Å². The maximum absolute atomic E-state index is 12.0. The first-order chi connectivity index (χ1) is 15.8. The van der Waals surface area contributed by atoms with Crippen LogP contribution in [0.25, 0.3) is 0 Å². The van der Waals surface area contributed by atoms with Gasteiger partial charge < -0.3 is 15.2 Å². The lowest BCUT2D eigenvalue weighted by molar-refractivity contribution is -0.384. The number of urea groups is 1. The van der Waals surface area contributed by atoms with Gasteiger partial charge in [-0.25, -0.2) is 10.2 Å². The van der Waals surface area contributed by atoms with Crippen LogP contribution in [0.15, 0.2) is 47.6 Å². The molecule has 0 aliphatic heterocycles. The standard InChI is InChI=1S/C19H17N7O6S/c1-32-15-8-11(2-7-14(15)27)10-20-23-16(28)9-17-24-25-19(33-17)22-18(29)21-12-3-5-13(6-4-12)26(30)31/h2-8,10,27H,9H2,1H3,(H,23,28)(H2,21,22,25,29)/b20-10-. The lowest BCUT2D eigenvalue weighted by atomic mass is 10.2. The van der Waals surface area contributed by atoms with E-state index in [0.717, 1.165) is 11.3 Å². The van der Waals surface area contributed by atoms with Crippen LogP contribution in [-0.4, -0.2) is 45.5 Å². The Kier molecular flexibility index (Phi) is 7.43. The molecule has 0 aliphatic carbocycles. The molecule has 3 aromatic rings. The van der Waals surface area contributed by atoms with Gasteiger partial charge in [-0.2, -0.15) is 5.10 Å². The largest absolute Gasteiger partial charge is 0.504 e. The molecule has 33 heavy (non-hydrogen) atoms. The maximum Gasteiger partial charge on any atom is 0.325 e. The Bertz CT molecular complexity index is 1200. The third-order valence-corrected chi connectivity index (χ3v) is 4.78. The normalized spacial score (nSPS) is 10.6. The molecule has 0 unspecified atom stereocenters. The molecular weight excluding hydrogens is 454 g/mol. The van der Waals surface area contributed by atoms with Crippen molar-refractivity contribution in [3.8, 4) is 11.5 Å². The van der Waals surface area contributed by atoms with E-state index >= 15 is 0 Å². The SMILES string of the molecule is COc1cc(/C=N\NC(=O)Cc2nnc(NC(=O)Nc3ccc([N+](=O)[O-])cc3)s2)ccc1O. The molecule has 0 fully saturated rings. The predicted octanol–water partition coefficient (Wildman–Crippen LogP) is 2.50. The van der Waals surface area contributed by atoms with E-state index < -0.39 is 16.9 Å². The van der Waals surface area contributed by atoms with E-state index in [0.29, 0.717) is 16.3 Å². The van der Waals surface area contributed by atoms with Gasteiger partial charge in [0.25, 0.3) is 5.69 Å². The first-order valence-electron chi connectivity index (χ1n) is 9.18. The number of hydrogen-bond acceptors (Lipinski definition) is 10. The number of nitro groups is 1. The molecule has 13 nitrogen and oxygen atoms in total. The number of hydrazone groups is 1. The molecule has 0 radical (unpaired) electrons. The Morgan fingerprint density at radius 2 is 1.97 bits per heavy atom. The van der Waals surface area contributed by atoms with Crippen LogP contribution in [0.1, 0.15) is 10.6 Å². The van der Waals surface area contributed by atoms with Crippen molar-refractivity contribution in [3.63, 3.8) is 0 Å². The zero-order valence-electron chi connectivity index (χ0n) is 17.0. The van der Waals surface area contributed by atoms with E-state index in [1.54, 1.807) is 12.1 Å². The Morgan fingerprint density at radius 3 is 2.67 bits per heavy atom. The van der Waals surface area contributed by atoms with E-state index in [9.17, 15) is 24.8 Å². The fraction of sp³-hybridized carbons (Fsp3) is 0.105. The summed E-state index contributed by atoms with van der Waals surface area (Å²) < 4.78 is 5.00. The highest BCUT2D eigenvalue weighted by molar-refractivity contribution is 7.15. The number of nitrogens with one attached hydrogen (secondary N) is 3. The van der Waals surface area contributed by atoms with E-state index in [2.05, 4.69) is 31.4 Å². The van der Waals surface area contributed by atoms with Crippen LogP contribution in [0.3, 0.4) is 0 Å². The van der Waals surface area contributed by atoms with Crippen LogP contribution in [-0.2, 0) is 11.2 Å². The third kappa shape index (κ3) is 6.70. The van der Waals surface area contributed by atoms with Gasteiger partial charge in [-0.1, -0.05) is 11.3 Å². The Morgan fingerprint density at radius 1 is 1.21 bits per heavy atom. The number of non-ortho nitro benzene ring substituents is 1. The molecule has 0 spiro atoms. The summed E-state index contributed by atoms with van der Waals surface area (Å²) in [5.41, 5.74) is 3.20. The van der Waals surface area contributed by atoms with Gasteiger partial charge in [0.05, 0.1) is 24.7 Å². The number of aromatic hydroxyl groups is 1. The number of amides is 3. The first-order valence-corrected chi connectivity index (χ1v) is 9.99. The van der Waals surface area contributed by atoms with Crippen LogP contribution in [0.5, 0.6) is 11.5 Å². The summed E-state index contributed by atoms with van der Waals surface area (Å²) in [6.07, 6.45) is 1.27. The first kappa shape index (κ1) is 23.1. The van der Waals surface area contributed by atoms with Crippen molar-refractivity contribution < 1.29 is 24.4 Å². The zero-order chi connectivity index (χ0) is 23.8. The van der Waals surface area contributed by atoms with E-state index in [-0.39, 0.29) is 28.7 Å². The summed E-state index contributed by atoms with van der Waals surface area (Å²) in [5.74, 6) is -0.187. The summed E-state index contributed by atoms with van der Waals surface area (Å²) in [4.78, 5) is 34.2. The Labute approximate surface area is 190 Å². The van der Waals surface area contributed by atoms with Gasteiger partial charge in [0, 0.05) is 17.8 Å². The third-order valence-electron chi connectivity index (χ3n) is 3.94. The molecule has 1 heterocycles. The number of methoxy groups -OCH3 is 1. The van der Waals surface area contributed by atoms with Crippen LogP contribution < -0.4 is 20.8 Å². The van der Waals surface area contributed by atoms with E-state index in [1.807, 2.05) is 0 Å². The highest BCUT2D eigenvalue weighted by Crippen LogP contribution is 2.25. The Hall–Kier alpha value is -4.59. The number of aromatic nitrogens is 2. The fourth-order valence-corrected chi connectivity index (χ4v) is 3.17. The molecule has 0 saturated heterocycles.